The van der Waals surface area contributed by atoms with Crippen molar-refractivity contribution in [2.45, 2.75) is 19.6 Å². The molecule has 0 N–H and O–H groups in total. The molecule has 5 nitrogen and oxygen atoms in total. The molecular formula is C18H16F2N2O3. The van der Waals surface area contributed by atoms with Crippen LogP contribution in [0.1, 0.15) is 35.8 Å². The van der Waals surface area contributed by atoms with E-state index in [-0.39, 0.29) is 16.9 Å². The number of imidazole rings is 1. The fraction of sp³-hybridized carbons (Fsp3) is 0.222. The van der Waals surface area contributed by atoms with E-state index in [1.54, 1.807) is 48.5 Å². The van der Waals surface area contributed by atoms with Crippen LogP contribution in [0.2, 0.25) is 0 Å². The number of carbonyl (C=O) groups excluding carboxylic acids is 1. The molecule has 1 heterocycles. The zero-order valence-electron chi connectivity index (χ0n) is 13.6. The van der Waals surface area contributed by atoms with Gasteiger partial charge in [-0.2, -0.15) is 8.78 Å². The molecule has 0 aliphatic heterocycles. The van der Waals surface area contributed by atoms with Gasteiger partial charge >= 0.3 is 12.5 Å². The Bertz CT molecular complexity index is 908. The highest BCUT2D eigenvalue weighted by atomic mass is 19.3. The maximum absolute atomic E-state index is 13.5. The lowest BCUT2D eigenvalue weighted by Gasteiger charge is -2.16. The number of para-hydroxylation sites is 3. The van der Waals surface area contributed by atoms with Crippen LogP contribution in [0, 0.1) is 0 Å². The lowest BCUT2D eigenvalue weighted by atomic mass is 10.2. The van der Waals surface area contributed by atoms with Gasteiger partial charge in [-0.15, -0.1) is 0 Å². The summed E-state index contributed by atoms with van der Waals surface area (Å²) in [5, 5.41) is 0. The van der Waals surface area contributed by atoms with Crippen molar-refractivity contribution >= 4 is 17.0 Å². The molecule has 0 spiro atoms. The van der Waals surface area contributed by atoms with Gasteiger partial charge < -0.3 is 9.47 Å². The number of hydrogen-bond acceptors (Lipinski definition) is 4. The van der Waals surface area contributed by atoms with Gasteiger partial charge in [-0.25, -0.2) is 9.78 Å². The van der Waals surface area contributed by atoms with Crippen LogP contribution in [0.3, 0.4) is 0 Å². The Morgan fingerprint density at radius 1 is 1.12 bits per heavy atom. The highest BCUT2D eigenvalue weighted by Gasteiger charge is 2.25. The standard InChI is InChI=1S/C18H16F2N2O3/c1-11(25-17(23)12-7-3-6-10-15(12)24-2)16-21-13-8-4-5-9-14(13)22(16)18(19)20/h3-11,18H,1-2H3. The van der Waals surface area contributed by atoms with Crippen molar-refractivity contribution in [3.63, 3.8) is 0 Å². The average Bonchev–Trinajstić information content (AvgIpc) is 3.01. The number of hydrogen-bond donors (Lipinski definition) is 0. The predicted molar refractivity (Wildman–Crippen MR) is 87.8 cm³/mol. The number of fused-ring (bicyclic) bond motifs is 1. The molecule has 0 aliphatic carbocycles. The molecule has 0 bridgehead atoms. The van der Waals surface area contributed by atoms with Gasteiger partial charge in [0.1, 0.15) is 11.3 Å². The molecular weight excluding hydrogens is 330 g/mol. The minimum Gasteiger partial charge on any atom is -0.496 e. The van der Waals surface area contributed by atoms with Gasteiger partial charge in [0.15, 0.2) is 11.9 Å². The molecule has 0 amide bonds. The summed E-state index contributed by atoms with van der Waals surface area (Å²) in [5.41, 5.74) is 0.919. The number of alkyl halides is 2. The molecule has 0 saturated heterocycles. The molecule has 0 fully saturated rings. The molecule has 0 radical (unpaired) electrons. The number of nitrogens with zero attached hydrogens (tertiary/aromatic N) is 2. The van der Waals surface area contributed by atoms with Crippen LogP contribution in [-0.2, 0) is 4.74 Å². The fourth-order valence-electron chi connectivity index (χ4n) is 2.65. The Balaban J connectivity index is 1.93. The Morgan fingerprint density at radius 3 is 2.52 bits per heavy atom. The predicted octanol–water partition coefficient (Wildman–Crippen LogP) is 4.36. The van der Waals surface area contributed by atoms with E-state index in [9.17, 15) is 13.6 Å². The van der Waals surface area contributed by atoms with Crippen LogP contribution >= 0.6 is 0 Å². The number of methoxy groups -OCH3 is 1. The number of carbonyl (C=O) groups is 1. The summed E-state index contributed by atoms with van der Waals surface area (Å²) >= 11 is 0. The summed E-state index contributed by atoms with van der Waals surface area (Å²) in [6.07, 6.45) is -0.959. The lowest BCUT2D eigenvalue weighted by molar-refractivity contribution is 0.0230. The first-order chi connectivity index (χ1) is 12.0. The van der Waals surface area contributed by atoms with E-state index in [1.165, 1.54) is 14.0 Å². The number of esters is 1. The molecule has 25 heavy (non-hydrogen) atoms. The Labute approximate surface area is 142 Å². The number of benzene rings is 2. The third-order valence-corrected chi connectivity index (χ3v) is 3.79. The molecule has 3 rings (SSSR count). The first-order valence-electron chi connectivity index (χ1n) is 7.62. The summed E-state index contributed by atoms with van der Waals surface area (Å²) in [6.45, 7) is -1.29. The van der Waals surface area contributed by atoms with Crippen LogP contribution in [0.4, 0.5) is 8.78 Å². The van der Waals surface area contributed by atoms with Gasteiger partial charge in [0, 0.05) is 0 Å². The van der Waals surface area contributed by atoms with E-state index in [4.69, 9.17) is 9.47 Å². The van der Waals surface area contributed by atoms with Crippen molar-refractivity contribution in [1.29, 1.82) is 0 Å². The van der Waals surface area contributed by atoms with Crippen LogP contribution in [0.15, 0.2) is 48.5 Å². The van der Waals surface area contributed by atoms with E-state index in [0.717, 1.165) is 4.57 Å². The van der Waals surface area contributed by atoms with E-state index in [1.807, 2.05) is 0 Å². The van der Waals surface area contributed by atoms with Gasteiger partial charge in [-0.3, -0.25) is 4.57 Å². The van der Waals surface area contributed by atoms with Gasteiger partial charge in [-0.05, 0) is 31.2 Å². The second-order valence-corrected chi connectivity index (χ2v) is 5.35. The number of aromatic nitrogens is 2. The van der Waals surface area contributed by atoms with Gasteiger partial charge in [-0.1, -0.05) is 24.3 Å². The number of ether oxygens (including phenoxy) is 2. The molecule has 1 atom stereocenters. The third kappa shape index (κ3) is 3.17. The summed E-state index contributed by atoms with van der Waals surface area (Å²) in [7, 11) is 1.44. The van der Waals surface area contributed by atoms with Crippen LogP contribution in [0.25, 0.3) is 11.0 Å². The molecule has 7 heteroatoms. The summed E-state index contributed by atoms with van der Waals surface area (Å²) < 4.78 is 38.2. The monoisotopic (exact) mass is 346 g/mol. The van der Waals surface area contributed by atoms with E-state index >= 15 is 0 Å². The SMILES string of the molecule is COc1ccccc1C(=O)OC(C)c1nc2ccccc2n1C(F)F. The van der Waals surface area contributed by atoms with Crippen LogP contribution < -0.4 is 4.74 Å². The number of halogens is 2. The molecule has 1 unspecified atom stereocenters. The van der Waals surface area contributed by atoms with Crippen molar-refractivity contribution < 1.29 is 23.0 Å². The maximum Gasteiger partial charge on any atom is 0.342 e. The Hall–Kier alpha value is -2.96. The largest absolute Gasteiger partial charge is 0.496 e. The van der Waals surface area contributed by atoms with Gasteiger partial charge in [0.05, 0.1) is 18.1 Å². The molecule has 0 saturated carbocycles. The van der Waals surface area contributed by atoms with Crippen molar-refractivity contribution in [3.8, 4) is 5.75 Å². The normalized spacial score (nSPS) is 12.4. The summed E-state index contributed by atoms with van der Waals surface area (Å²) in [6, 6.07) is 13.1. The van der Waals surface area contributed by atoms with Crippen molar-refractivity contribution in [2.24, 2.45) is 0 Å². The van der Waals surface area contributed by atoms with E-state index in [0.29, 0.717) is 11.3 Å². The molecule has 130 valence electrons. The fourth-order valence-corrected chi connectivity index (χ4v) is 2.65. The van der Waals surface area contributed by atoms with E-state index in [2.05, 4.69) is 4.98 Å². The summed E-state index contributed by atoms with van der Waals surface area (Å²) in [4.78, 5) is 16.6. The Kier molecular flexibility index (Phi) is 4.65. The average molecular weight is 346 g/mol. The van der Waals surface area contributed by atoms with Gasteiger partial charge in [0.25, 0.3) is 0 Å². The summed E-state index contributed by atoms with van der Waals surface area (Å²) in [5.74, 6) is -0.334. The topological polar surface area (TPSA) is 53.4 Å². The highest BCUT2D eigenvalue weighted by Crippen LogP contribution is 2.29. The quantitative estimate of drug-likeness (QED) is 0.644. The first-order valence-corrected chi connectivity index (χ1v) is 7.62. The molecule has 2 aromatic carbocycles. The van der Waals surface area contributed by atoms with Crippen LogP contribution in [-0.4, -0.2) is 22.6 Å². The number of rotatable bonds is 5. The zero-order chi connectivity index (χ0) is 18.0. The maximum atomic E-state index is 13.5. The minimum atomic E-state index is -2.80. The van der Waals surface area contributed by atoms with E-state index < -0.39 is 18.6 Å². The highest BCUT2D eigenvalue weighted by molar-refractivity contribution is 5.92. The second kappa shape index (κ2) is 6.88. The second-order valence-electron chi connectivity index (χ2n) is 5.35. The molecule has 3 aromatic rings. The lowest BCUT2D eigenvalue weighted by Crippen LogP contribution is -2.15. The van der Waals surface area contributed by atoms with Crippen LogP contribution in [0.5, 0.6) is 5.75 Å². The Morgan fingerprint density at radius 2 is 1.80 bits per heavy atom. The smallest absolute Gasteiger partial charge is 0.342 e. The van der Waals surface area contributed by atoms with Crippen molar-refractivity contribution in [2.75, 3.05) is 7.11 Å². The molecule has 1 aromatic heterocycles. The van der Waals surface area contributed by atoms with Crippen molar-refractivity contribution in [1.82, 2.24) is 9.55 Å². The third-order valence-electron chi connectivity index (χ3n) is 3.79. The first kappa shape index (κ1) is 16.9. The van der Waals surface area contributed by atoms with Gasteiger partial charge in [0.2, 0.25) is 0 Å². The zero-order valence-corrected chi connectivity index (χ0v) is 13.6. The molecule has 0 aliphatic rings. The van der Waals surface area contributed by atoms with Crippen molar-refractivity contribution in [3.05, 3.63) is 59.9 Å². The minimum absolute atomic E-state index is 0.0144.